The molecule has 4 heteroatoms. The first-order valence-corrected chi connectivity index (χ1v) is 12.6. The molecule has 0 bridgehead atoms. The second-order valence-electron chi connectivity index (χ2n) is 8.61. The van der Waals surface area contributed by atoms with E-state index in [4.69, 9.17) is 9.47 Å². The number of ether oxygens (including phenoxy) is 2. The quantitative estimate of drug-likeness (QED) is 0.165. The van der Waals surface area contributed by atoms with E-state index in [1.54, 1.807) is 0 Å². The predicted octanol–water partition coefficient (Wildman–Crippen LogP) is 8.34. The van der Waals surface area contributed by atoms with Crippen LogP contribution in [0.5, 0.6) is 11.5 Å². The van der Waals surface area contributed by atoms with Crippen molar-refractivity contribution in [1.82, 2.24) is 0 Å². The van der Waals surface area contributed by atoms with Crippen molar-refractivity contribution in [2.45, 2.75) is 104 Å². The minimum absolute atomic E-state index is 0. The zero-order valence-corrected chi connectivity index (χ0v) is 25.6. The van der Waals surface area contributed by atoms with E-state index >= 15 is 0 Å². The molecule has 2 nitrogen and oxygen atoms in total. The Hall–Kier alpha value is 0.300. The van der Waals surface area contributed by atoms with Gasteiger partial charge in [-0.2, -0.15) is 0 Å². The Kier molecular flexibility index (Phi) is 22.0. The van der Waals surface area contributed by atoms with Crippen LogP contribution in [0.1, 0.15) is 104 Å². The molecule has 0 spiro atoms. The standard InChI is InChI=1S/C28H44O2.2Na/c1-3-5-7-9-11-13-15-21-29-27-19-17-26-24-28(20-18-25(26)23-27)30-22-16-14-12-10-8-6-4-2;;/h17-20,23-24H,3-16,21-22H2,1-2H3;;. The van der Waals surface area contributed by atoms with Gasteiger partial charge < -0.3 is 9.47 Å². The summed E-state index contributed by atoms with van der Waals surface area (Å²) >= 11 is 0. The van der Waals surface area contributed by atoms with Gasteiger partial charge in [-0.25, -0.2) is 0 Å². The minimum Gasteiger partial charge on any atom is -0.494 e. The van der Waals surface area contributed by atoms with E-state index in [9.17, 15) is 0 Å². The van der Waals surface area contributed by atoms with E-state index in [2.05, 4.69) is 50.2 Å². The van der Waals surface area contributed by atoms with Gasteiger partial charge >= 0.3 is 0 Å². The van der Waals surface area contributed by atoms with Crippen LogP contribution in [-0.4, -0.2) is 72.3 Å². The maximum absolute atomic E-state index is 5.97. The van der Waals surface area contributed by atoms with Crippen LogP contribution in [0, 0.1) is 0 Å². The summed E-state index contributed by atoms with van der Waals surface area (Å²) in [5.41, 5.74) is 0. The van der Waals surface area contributed by atoms with Crippen LogP contribution in [0.2, 0.25) is 0 Å². The molecule has 0 aliphatic rings. The Morgan fingerprint density at radius 1 is 0.469 bits per heavy atom. The first-order valence-electron chi connectivity index (χ1n) is 12.6. The summed E-state index contributed by atoms with van der Waals surface area (Å²) in [4.78, 5) is 0. The Bertz CT molecular complexity index is 631. The molecule has 0 fully saturated rings. The van der Waals surface area contributed by atoms with Gasteiger partial charge in [-0.05, 0) is 47.9 Å². The fourth-order valence-electron chi connectivity index (χ4n) is 3.88. The summed E-state index contributed by atoms with van der Waals surface area (Å²) < 4.78 is 11.9. The van der Waals surface area contributed by atoms with Crippen molar-refractivity contribution in [3.05, 3.63) is 36.4 Å². The van der Waals surface area contributed by atoms with Gasteiger partial charge in [-0.3, -0.25) is 0 Å². The van der Waals surface area contributed by atoms with Crippen molar-refractivity contribution in [3.8, 4) is 11.5 Å². The minimum atomic E-state index is 0. The number of fused-ring (bicyclic) bond motifs is 1. The van der Waals surface area contributed by atoms with Crippen molar-refractivity contribution in [3.63, 3.8) is 0 Å². The molecule has 32 heavy (non-hydrogen) atoms. The van der Waals surface area contributed by atoms with E-state index < -0.39 is 0 Å². The van der Waals surface area contributed by atoms with Crippen molar-refractivity contribution >= 4 is 69.9 Å². The molecule has 0 unspecified atom stereocenters. The zero-order valence-electron chi connectivity index (χ0n) is 21.6. The van der Waals surface area contributed by atoms with Gasteiger partial charge in [-0.1, -0.05) is 103 Å². The molecular weight excluding hydrogens is 414 g/mol. The third kappa shape index (κ3) is 14.5. The van der Waals surface area contributed by atoms with Gasteiger partial charge in [0.1, 0.15) is 11.5 Å². The normalized spacial score (nSPS) is 10.4. The topological polar surface area (TPSA) is 18.5 Å². The van der Waals surface area contributed by atoms with Crippen LogP contribution >= 0.6 is 0 Å². The van der Waals surface area contributed by atoms with E-state index in [1.165, 1.54) is 87.8 Å². The van der Waals surface area contributed by atoms with E-state index in [-0.39, 0.29) is 59.1 Å². The molecule has 0 amide bonds. The van der Waals surface area contributed by atoms with Crippen LogP contribution in [-0.2, 0) is 0 Å². The van der Waals surface area contributed by atoms with Gasteiger partial charge in [-0.15, -0.1) is 0 Å². The van der Waals surface area contributed by atoms with E-state index in [1.807, 2.05) is 0 Å². The van der Waals surface area contributed by atoms with Gasteiger partial charge in [0.25, 0.3) is 0 Å². The van der Waals surface area contributed by atoms with E-state index in [0.29, 0.717) is 0 Å². The molecule has 2 aromatic carbocycles. The van der Waals surface area contributed by atoms with Crippen LogP contribution in [0.3, 0.4) is 0 Å². The zero-order chi connectivity index (χ0) is 21.3. The van der Waals surface area contributed by atoms with Crippen LogP contribution in [0.15, 0.2) is 36.4 Å². The smallest absolute Gasteiger partial charge is 0.119 e. The Balaban J connectivity index is 0.00000480. The second-order valence-corrected chi connectivity index (χ2v) is 8.61. The Morgan fingerprint density at radius 2 is 0.812 bits per heavy atom. The largest absolute Gasteiger partial charge is 0.494 e. The third-order valence-corrected chi connectivity index (χ3v) is 5.82. The summed E-state index contributed by atoms with van der Waals surface area (Å²) in [5, 5.41) is 2.44. The summed E-state index contributed by atoms with van der Waals surface area (Å²) in [6, 6.07) is 12.8. The van der Waals surface area contributed by atoms with Crippen molar-refractivity contribution < 1.29 is 9.47 Å². The molecule has 0 aliphatic carbocycles. The maximum atomic E-state index is 5.97. The van der Waals surface area contributed by atoms with Crippen molar-refractivity contribution in [2.24, 2.45) is 0 Å². The summed E-state index contributed by atoms with van der Waals surface area (Å²) in [7, 11) is 0. The first kappa shape index (κ1) is 32.3. The molecule has 170 valence electrons. The van der Waals surface area contributed by atoms with Gasteiger partial charge in [0.05, 0.1) is 13.2 Å². The van der Waals surface area contributed by atoms with E-state index in [0.717, 1.165) is 37.6 Å². The average molecular weight is 459 g/mol. The fraction of sp³-hybridized carbons (Fsp3) is 0.643. The Labute approximate surface area is 242 Å². The van der Waals surface area contributed by atoms with Crippen LogP contribution in [0.4, 0.5) is 0 Å². The molecule has 2 rings (SSSR count). The molecule has 0 heterocycles. The third-order valence-electron chi connectivity index (χ3n) is 5.82. The SMILES string of the molecule is CCCCCCCCCOc1ccc2cc(OCCCCCCCCC)ccc2c1.[Na].[Na]. The van der Waals surface area contributed by atoms with Crippen molar-refractivity contribution in [2.75, 3.05) is 13.2 Å². The first-order chi connectivity index (χ1) is 14.8. The molecule has 0 saturated carbocycles. The molecule has 2 radical (unpaired) electrons. The molecule has 0 aliphatic heterocycles. The molecular formula is C28H44Na2O2. The van der Waals surface area contributed by atoms with Gasteiger partial charge in [0.15, 0.2) is 0 Å². The molecule has 0 N–H and O–H groups in total. The maximum Gasteiger partial charge on any atom is 0.119 e. The average Bonchev–Trinajstić information content (AvgIpc) is 2.77. The predicted molar refractivity (Wildman–Crippen MR) is 142 cm³/mol. The van der Waals surface area contributed by atoms with Gasteiger partial charge in [0, 0.05) is 59.1 Å². The summed E-state index contributed by atoms with van der Waals surface area (Å²) in [5.74, 6) is 1.95. The molecule has 2 aromatic rings. The van der Waals surface area contributed by atoms with Crippen LogP contribution < -0.4 is 9.47 Å². The molecule has 0 aromatic heterocycles. The number of benzene rings is 2. The monoisotopic (exact) mass is 458 g/mol. The number of hydrogen-bond acceptors (Lipinski definition) is 2. The summed E-state index contributed by atoms with van der Waals surface area (Å²) in [6.07, 6.45) is 18.4. The molecule has 0 atom stereocenters. The number of rotatable bonds is 18. The van der Waals surface area contributed by atoms with Gasteiger partial charge in [0.2, 0.25) is 0 Å². The Morgan fingerprint density at radius 3 is 1.19 bits per heavy atom. The van der Waals surface area contributed by atoms with Crippen LogP contribution in [0.25, 0.3) is 10.8 Å². The van der Waals surface area contributed by atoms with Crippen molar-refractivity contribution in [1.29, 1.82) is 0 Å². The fourth-order valence-corrected chi connectivity index (χ4v) is 3.88. The molecule has 0 saturated heterocycles. The number of unbranched alkanes of at least 4 members (excludes halogenated alkanes) is 12. The second kappa shape index (κ2) is 21.8. The number of hydrogen-bond donors (Lipinski definition) is 0. The summed E-state index contributed by atoms with van der Waals surface area (Å²) in [6.45, 7) is 6.17.